The van der Waals surface area contributed by atoms with Gasteiger partial charge in [-0.2, -0.15) is 13.2 Å². The smallest absolute Gasteiger partial charge is 0.393 e. The fourth-order valence-corrected chi connectivity index (χ4v) is 1.84. The van der Waals surface area contributed by atoms with Gasteiger partial charge >= 0.3 is 6.18 Å². The van der Waals surface area contributed by atoms with Gasteiger partial charge in [0.05, 0.1) is 12.5 Å². The Labute approximate surface area is 80.1 Å². The molecule has 1 saturated heterocycles. The third-order valence-corrected chi connectivity index (χ3v) is 2.59. The summed E-state index contributed by atoms with van der Waals surface area (Å²) in [4.78, 5) is 1.53. The van der Waals surface area contributed by atoms with E-state index in [4.69, 9.17) is 10.2 Å². The Morgan fingerprint density at radius 2 is 1.86 bits per heavy atom. The highest BCUT2D eigenvalue weighted by atomic mass is 19.4. The number of aliphatic hydroxyl groups is 2. The van der Waals surface area contributed by atoms with Crippen LogP contribution in [0.25, 0.3) is 0 Å². The lowest BCUT2D eigenvalue weighted by molar-refractivity contribution is -0.183. The van der Waals surface area contributed by atoms with Crippen molar-refractivity contribution in [1.29, 1.82) is 0 Å². The Bertz CT molecular complexity index is 186. The molecule has 0 radical (unpaired) electrons. The molecule has 1 heterocycles. The summed E-state index contributed by atoms with van der Waals surface area (Å²) in [6, 6.07) is 0. The fraction of sp³-hybridized carbons (Fsp3) is 1.00. The monoisotopic (exact) mass is 213 g/mol. The summed E-state index contributed by atoms with van der Waals surface area (Å²) in [5.41, 5.74) is 0. The first-order valence-corrected chi connectivity index (χ1v) is 4.49. The van der Waals surface area contributed by atoms with Crippen molar-refractivity contribution >= 4 is 0 Å². The molecule has 0 saturated carbocycles. The van der Waals surface area contributed by atoms with Gasteiger partial charge in [0.25, 0.3) is 0 Å². The van der Waals surface area contributed by atoms with E-state index in [0.717, 1.165) is 0 Å². The lowest BCUT2D eigenvalue weighted by Crippen LogP contribution is -2.31. The van der Waals surface area contributed by atoms with E-state index >= 15 is 0 Å². The molecule has 0 aromatic heterocycles. The highest BCUT2D eigenvalue weighted by molar-refractivity contribution is 4.87. The van der Waals surface area contributed by atoms with Crippen molar-refractivity contribution in [3.63, 3.8) is 0 Å². The van der Waals surface area contributed by atoms with Crippen LogP contribution in [0.5, 0.6) is 0 Å². The second-order valence-corrected chi connectivity index (χ2v) is 3.57. The van der Waals surface area contributed by atoms with Crippen molar-refractivity contribution in [3.05, 3.63) is 0 Å². The van der Waals surface area contributed by atoms with E-state index < -0.39 is 24.6 Å². The van der Waals surface area contributed by atoms with Crippen LogP contribution in [0.15, 0.2) is 0 Å². The zero-order chi connectivity index (χ0) is 10.8. The molecule has 0 spiro atoms. The number of aliphatic hydroxyl groups excluding tert-OH is 2. The number of rotatable bonds is 3. The molecule has 0 aliphatic carbocycles. The van der Waals surface area contributed by atoms with Gasteiger partial charge in [-0.1, -0.05) is 0 Å². The second kappa shape index (κ2) is 4.46. The van der Waals surface area contributed by atoms with Crippen LogP contribution < -0.4 is 0 Å². The number of hydrogen-bond acceptors (Lipinski definition) is 3. The number of nitrogens with zero attached hydrogens (tertiary/aromatic N) is 1. The van der Waals surface area contributed by atoms with E-state index in [9.17, 15) is 13.2 Å². The van der Waals surface area contributed by atoms with Gasteiger partial charge in [-0.25, -0.2) is 0 Å². The topological polar surface area (TPSA) is 43.7 Å². The number of hydrogen-bond donors (Lipinski definition) is 2. The molecule has 0 bridgehead atoms. The third-order valence-electron chi connectivity index (χ3n) is 2.59. The molecule has 2 N–H and O–H groups in total. The van der Waals surface area contributed by atoms with Crippen molar-refractivity contribution in [2.24, 2.45) is 11.8 Å². The van der Waals surface area contributed by atoms with Gasteiger partial charge < -0.3 is 15.1 Å². The first-order valence-electron chi connectivity index (χ1n) is 4.49. The summed E-state index contributed by atoms with van der Waals surface area (Å²) in [5.74, 6) is -2.21. The Balaban J connectivity index is 2.58. The number of β-amino-alcohol motifs (C(OH)–C–C–N with tert-alkyl or cyclic N) is 1. The minimum Gasteiger partial charge on any atom is -0.396 e. The maximum atomic E-state index is 12.4. The molecule has 0 unspecified atom stereocenters. The molecule has 1 rings (SSSR count). The predicted molar refractivity (Wildman–Crippen MR) is 43.6 cm³/mol. The van der Waals surface area contributed by atoms with Crippen LogP contribution in [-0.4, -0.2) is 54.1 Å². The summed E-state index contributed by atoms with van der Waals surface area (Å²) in [6.45, 7) is -0.269. The minimum absolute atomic E-state index is 0.116. The van der Waals surface area contributed by atoms with E-state index in [1.165, 1.54) is 4.90 Å². The first-order chi connectivity index (χ1) is 6.49. The lowest BCUT2D eigenvalue weighted by Gasteiger charge is -2.19. The van der Waals surface area contributed by atoms with E-state index in [0.29, 0.717) is 0 Å². The van der Waals surface area contributed by atoms with Gasteiger partial charge in [0.15, 0.2) is 0 Å². The Hall–Kier alpha value is -0.330. The fourth-order valence-electron chi connectivity index (χ4n) is 1.84. The maximum Gasteiger partial charge on any atom is 0.393 e. The van der Waals surface area contributed by atoms with Gasteiger partial charge in [-0.3, -0.25) is 0 Å². The van der Waals surface area contributed by atoms with Crippen molar-refractivity contribution in [3.8, 4) is 0 Å². The average Bonchev–Trinajstić information content (AvgIpc) is 2.47. The molecule has 2 atom stereocenters. The quantitative estimate of drug-likeness (QED) is 0.698. The summed E-state index contributed by atoms with van der Waals surface area (Å²) in [6.07, 6.45) is -4.25. The zero-order valence-electron chi connectivity index (χ0n) is 7.67. The van der Waals surface area contributed by atoms with Crippen molar-refractivity contribution in [2.45, 2.75) is 6.18 Å². The van der Waals surface area contributed by atoms with Crippen molar-refractivity contribution in [2.75, 3.05) is 32.8 Å². The largest absolute Gasteiger partial charge is 0.396 e. The van der Waals surface area contributed by atoms with Crippen LogP contribution in [0, 0.1) is 11.8 Å². The molecular formula is C8H14F3NO2. The van der Waals surface area contributed by atoms with Crippen LogP contribution in [0.3, 0.4) is 0 Å². The first kappa shape index (κ1) is 11.7. The number of alkyl halides is 3. The third kappa shape index (κ3) is 2.59. The molecule has 0 aromatic rings. The van der Waals surface area contributed by atoms with Crippen LogP contribution in [0.2, 0.25) is 0 Å². The molecule has 0 aromatic carbocycles. The summed E-state index contributed by atoms with van der Waals surface area (Å²) in [7, 11) is 0. The van der Waals surface area contributed by atoms with Gasteiger partial charge in [0.2, 0.25) is 0 Å². The molecule has 14 heavy (non-hydrogen) atoms. The molecule has 0 amide bonds. The lowest BCUT2D eigenvalue weighted by atomic mass is 9.97. The number of halogens is 3. The van der Waals surface area contributed by atoms with Crippen LogP contribution in [0.4, 0.5) is 13.2 Å². The van der Waals surface area contributed by atoms with Gasteiger partial charge in [-0.15, -0.1) is 0 Å². The van der Waals surface area contributed by atoms with E-state index in [2.05, 4.69) is 0 Å². The summed E-state index contributed by atoms with van der Waals surface area (Å²) >= 11 is 0. The van der Waals surface area contributed by atoms with E-state index in [1.807, 2.05) is 0 Å². The molecule has 1 aliphatic heterocycles. The predicted octanol–water partition coefficient (Wildman–Crippen LogP) is 0.0813. The Morgan fingerprint density at radius 3 is 2.21 bits per heavy atom. The summed E-state index contributed by atoms with van der Waals surface area (Å²) in [5, 5.41) is 17.4. The minimum atomic E-state index is -4.25. The average molecular weight is 213 g/mol. The summed E-state index contributed by atoms with van der Waals surface area (Å²) < 4.78 is 37.2. The standard InChI is InChI=1S/C8H14F3NO2/c9-8(10,11)7-4-12(1-2-13)3-6(7)5-14/h6-7,13-14H,1-5H2/t6-,7-/m0/s1. The van der Waals surface area contributed by atoms with Gasteiger partial charge in [0.1, 0.15) is 0 Å². The highest BCUT2D eigenvalue weighted by Gasteiger charge is 2.49. The molecule has 3 nitrogen and oxygen atoms in total. The molecule has 84 valence electrons. The van der Waals surface area contributed by atoms with E-state index in [-0.39, 0.29) is 26.2 Å². The van der Waals surface area contributed by atoms with Crippen LogP contribution >= 0.6 is 0 Å². The molecule has 1 fully saturated rings. The zero-order valence-corrected chi connectivity index (χ0v) is 7.67. The van der Waals surface area contributed by atoms with Crippen LogP contribution in [-0.2, 0) is 0 Å². The molecule has 1 aliphatic rings. The number of likely N-dealkylation sites (tertiary alicyclic amines) is 1. The van der Waals surface area contributed by atoms with Crippen molar-refractivity contribution < 1.29 is 23.4 Å². The SMILES string of the molecule is OCCN1C[C@@H](CO)[C@@H](C(F)(F)F)C1. The normalized spacial score (nSPS) is 29.8. The second-order valence-electron chi connectivity index (χ2n) is 3.57. The maximum absolute atomic E-state index is 12.4. The van der Waals surface area contributed by atoms with E-state index in [1.54, 1.807) is 0 Å². The van der Waals surface area contributed by atoms with Gasteiger partial charge in [0, 0.05) is 32.2 Å². The van der Waals surface area contributed by atoms with Crippen LogP contribution in [0.1, 0.15) is 0 Å². The van der Waals surface area contributed by atoms with Gasteiger partial charge in [-0.05, 0) is 0 Å². The Morgan fingerprint density at radius 1 is 1.21 bits per heavy atom. The molecular weight excluding hydrogens is 199 g/mol. The Kier molecular flexibility index (Phi) is 3.74. The highest BCUT2D eigenvalue weighted by Crippen LogP contribution is 2.36. The molecule has 6 heteroatoms. The van der Waals surface area contributed by atoms with Crippen molar-refractivity contribution in [1.82, 2.24) is 4.90 Å².